The molecule has 2 aromatic rings. The van der Waals surface area contributed by atoms with E-state index in [1.54, 1.807) is 37.8 Å². The molecular weight excluding hydrogens is 488 g/mol. The van der Waals surface area contributed by atoms with E-state index in [0.717, 1.165) is 41.4 Å². The molecule has 192 valence electrons. The molecule has 0 saturated carbocycles. The molecule has 1 amide bonds. The largest absolute Gasteiger partial charge is 0.497 e. The van der Waals surface area contributed by atoms with Crippen molar-refractivity contribution < 1.29 is 23.7 Å². The van der Waals surface area contributed by atoms with Gasteiger partial charge in [-0.15, -0.1) is 0 Å². The van der Waals surface area contributed by atoms with Crippen molar-refractivity contribution in [3.05, 3.63) is 47.0 Å². The van der Waals surface area contributed by atoms with E-state index >= 15 is 0 Å². The molecule has 0 fully saturated rings. The summed E-state index contributed by atoms with van der Waals surface area (Å²) in [5.74, 6) is 1.42. The van der Waals surface area contributed by atoms with Crippen molar-refractivity contribution in [3.63, 3.8) is 0 Å². The van der Waals surface area contributed by atoms with E-state index in [0.29, 0.717) is 36.8 Å². The number of anilines is 1. The molecule has 3 rings (SSSR count). The molecule has 1 heterocycles. The summed E-state index contributed by atoms with van der Waals surface area (Å²) in [5, 5.41) is 0.376. The number of nitrogens with zero attached hydrogens (tertiary/aromatic N) is 2. The Hall–Kier alpha value is -1.97. The van der Waals surface area contributed by atoms with E-state index in [4.69, 9.17) is 30.5 Å². The molecular formula is C26H35ClN2O5S. The Morgan fingerprint density at radius 1 is 1.14 bits per heavy atom. The van der Waals surface area contributed by atoms with Crippen LogP contribution in [-0.2, 0) is 14.3 Å². The van der Waals surface area contributed by atoms with Gasteiger partial charge in [-0.25, -0.2) is 0 Å². The van der Waals surface area contributed by atoms with Gasteiger partial charge in [0.25, 0.3) is 0 Å². The third-order valence-electron chi connectivity index (χ3n) is 5.78. The van der Waals surface area contributed by atoms with Gasteiger partial charge in [-0.2, -0.15) is 0 Å². The average Bonchev–Trinajstić information content (AvgIpc) is 3.21. The minimum atomic E-state index is -0.267. The number of carbonyl (C=O) groups excluding carboxylic acids is 1. The summed E-state index contributed by atoms with van der Waals surface area (Å²) in [5.41, 5.74) is 1.75. The zero-order valence-electron chi connectivity index (χ0n) is 21.1. The van der Waals surface area contributed by atoms with Crippen molar-refractivity contribution in [1.29, 1.82) is 0 Å². The standard InChI is InChI=1S/C26H35ClN2O5S/c1-18(2)28(12-14-33-17-31-4)11-6-13-34-24-10-8-21(32-5)16-22(24)26-29(19(3)30)23-9-7-20(27)15-25(23)35-26/h7-10,15-16,18,26H,6,11-14,17H2,1-5H3. The minimum absolute atomic E-state index is 0.0411. The van der Waals surface area contributed by atoms with Crippen LogP contribution in [0.3, 0.4) is 0 Å². The van der Waals surface area contributed by atoms with Crippen LogP contribution in [0, 0.1) is 0 Å². The fraction of sp³-hybridized carbons (Fsp3) is 0.500. The van der Waals surface area contributed by atoms with Crippen LogP contribution in [0.4, 0.5) is 5.69 Å². The predicted molar refractivity (Wildman–Crippen MR) is 141 cm³/mol. The van der Waals surface area contributed by atoms with Crippen LogP contribution in [0.15, 0.2) is 41.3 Å². The number of rotatable bonds is 13. The number of thioether (sulfide) groups is 1. The van der Waals surface area contributed by atoms with Gasteiger partial charge in [-0.05, 0) is 56.7 Å². The number of methoxy groups -OCH3 is 2. The van der Waals surface area contributed by atoms with Crippen LogP contribution >= 0.6 is 23.4 Å². The molecule has 1 atom stereocenters. The van der Waals surface area contributed by atoms with Crippen LogP contribution in [0.25, 0.3) is 0 Å². The third-order valence-corrected chi connectivity index (χ3v) is 7.28. The van der Waals surface area contributed by atoms with E-state index in [1.807, 2.05) is 36.4 Å². The Bertz CT molecular complexity index is 990. The lowest BCUT2D eigenvalue weighted by molar-refractivity contribution is -0.116. The Morgan fingerprint density at radius 2 is 1.94 bits per heavy atom. The van der Waals surface area contributed by atoms with Crippen LogP contribution in [0.2, 0.25) is 5.02 Å². The van der Waals surface area contributed by atoms with Crippen molar-refractivity contribution in [2.45, 2.75) is 43.5 Å². The monoisotopic (exact) mass is 522 g/mol. The summed E-state index contributed by atoms with van der Waals surface area (Å²) in [4.78, 5) is 17.8. The minimum Gasteiger partial charge on any atom is -0.497 e. The maximum absolute atomic E-state index is 12.7. The van der Waals surface area contributed by atoms with Crippen LogP contribution in [-0.4, -0.2) is 64.2 Å². The molecule has 0 aliphatic carbocycles. The SMILES string of the molecule is COCOCCN(CCCOc1ccc(OC)cc1C1Sc2cc(Cl)ccc2N1C(C)=O)C(C)C. The van der Waals surface area contributed by atoms with Gasteiger partial charge < -0.3 is 18.9 Å². The van der Waals surface area contributed by atoms with E-state index in [9.17, 15) is 4.79 Å². The number of halogens is 1. The summed E-state index contributed by atoms with van der Waals surface area (Å²) in [6.07, 6.45) is 0.859. The number of amides is 1. The highest BCUT2D eigenvalue weighted by Crippen LogP contribution is 2.54. The number of benzene rings is 2. The van der Waals surface area contributed by atoms with Gasteiger partial charge in [-0.3, -0.25) is 14.6 Å². The highest BCUT2D eigenvalue weighted by Gasteiger charge is 2.36. The topological polar surface area (TPSA) is 60.5 Å². The lowest BCUT2D eigenvalue weighted by Crippen LogP contribution is -2.35. The van der Waals surface area contributed by atoms with Gasteiger partial charge in [0.1, 0.15) is 23.7 Å². The molecule has 1 aliphatic heterocycles. The number of hydrogen-bond donors (Lipinski definition) is 0. The molecule has 2 aromatic carbocycles. The van der Waals surface area contributed by atoms with Crippen molar-refractivity contribution >= 4 is 35.0 Å². The molecule has 0 N–H and O–H groups in total. The molecule has 1 unspecified atom stereocenters. The first kappa shape index (κ1) is 27.6. The van der Waals surface area contributed by atoms with Gasteiger partial charge in [0, 0.05) is 48.6 Å². The third kappa shape index (κ3) is 7.27. The summed E-state index contributed by atoms with van der Waals surface area (Å²) in [6, 6.07) is 11.8. The molecule has 0 radical (unpaired) electrons. The molecule has 7 nitrogen and oxygen atoms in total. The highest BCUT2D eigenvalue weighted by molar-refractivity contribution is 8.00. The molecule has 0 aromatic heterocycles. The second-order valence-corrected chi connectivity index (χ2v) is 10.1. The zero-order valence-corrected chi connectivity index (χ0v) is 22.7. The molecule has 1 aliphatic rings. The number of carbonyl (C=O) groups is 1. The summed E-state index contributed by atoms with van der Waals surface area (Å²) >= 11 is 7.81. The maximum atomic E-state index is 12.7. The van der Waals surface area contributed by atoms with Crippen molar-refractivity contribution in [1.82, 2.24) is 4.90 Å². The Labute approximate surface area is 217 Å². The summed E-state index contributed by atoms with van der Waals surface area (Å²) in [6.45, 7) is 9.14. The van der Waals surface area contributed by atoms with E-state index < -0.39 is 0 Å². The molecule has 35 heavy (non-hydrogen) atoms. The van der Waals surface area contributed by atoms with E-state index in [2.05, 4.69) is 18.7 Å². The predicted octanol–water partition coefficient (Wildman–Crippen LogP) is 5.61. The Morgan fingerprint density at radius 3 is 2.63 bits per heavy atom. The molecule has 0 spiro atoms. The quantitative estimate of drug-likeness (QED) is 0.250. The van der Waals surface area contributed by atoms with Crippen LogP contribution < -0.4 is 14.4 Å². The van der Waals surface area contributed by atoms with Gasteiger partial charge in [-0.1, -0.05) is 23.4 Å². The second kappa shape index (κ2) is 13.4. The Balaban J connectivity index is 1.71. The van der Waals surface area contributed by atoms with Crippen molar-refractivity contribution in [3.8, 4) is 11.5 Å². The molecule has 0 saturated heterocycles. The first-order valence-corrected chi connectivity index (χ1v) is 13.0. The normalized spacial score (nSPS) is 15.1. The second-order valence-electron chi connectivity index (χ2n) is 8.52. The van der Waals surface area contributed by atoms with Crippen LogP contribution in [0.1, 0.15) is 38.1 Å². The smallest absolute Gasteiger partial charge is 0.225 e. The molecule has 9 heteroatoms. The van der Waals surface area contributed by atoms with Crippen LogP contribution in [0.5, 0.6) is 11.5 Å². The number of fused-ring (bicyclic) bond motifs is 1. The lowest BCUT2D eigenvalue weighted by Gasteiger charge is -2.27. The van der Waals surface area contributed by atoms with E-state index in [-0.39, 0.29) is 11.3 Å². The molecule has 0 bridgehead atoms. The Kier molecular flexibility index (Phi) is 10.5. The maximum Gasteiger partial charge on any atom is 0.225 e. The zero-order chi connectivity index (χ0) is 25.4. The first-order chi connectivity index (χ1) is 16.8. The van der Waals surface area contributed by atoms with E-state index in [1.165, 1.54) is 0 Å². The fourth-order valence-electron chi connectivity index (χ4n) is 4.00. The summed E-state index contributed by atoms with van der Waals surface area (Å²) < 4.78 is 22.1. The van der Waals surface area contributed by atoms with Gasteiger partial charge in [0.2, 0.25) is 5.91 Å². The average molecular weight is 523 g/mol. The van der Waals surface area contributed by atoms with Crippen molar-refractivity contribution in [2.24, 2.45) is 0 Å². The lowest BCUT2D eigenvalue weighted by atomic mass is 10.1. The fourth-order valence-corrected chi connectivity index (χ4v) is 5.64. The summed E-state index contributed by atoms with van der Waals surface area (Å²) in [7, 11) is 3.26. The highest BCUT2D eigenvalue weighted by atomic mass is 35.5. The number of ether oxygens (including phenoxy) is 4. The van der Waals surface area contributed by atoms with Crippen molar-refractivity contribution in [2.75, 3.05) is 52.2 Å². The van der Waals surface area contributed by atoms with Gasteiger partial charge in [0.15, 0.2) is 0 Å². The van der Waals surface area contributed by atoms with Gasteiger partial charge >= 0.3 is 0 Å². The van der Waals surface area contributed by atoms with Gasteiger partial charge in [0.05, 0.1) is 26.0 Å². The number of hydrogen-bond acceptors (Lipinski definition) is 7. The first-order valence-electron chi connectivity index (χ1n) is 11.7.